The summed E-state index contributed by atoms with van der Waals surface area (Å²) in [7, 11) is 0. The fourth-order valence-corrected chi connectivity index (χ4v) is 1.38. The molecule has 2 heteroatoms. The van der Waals surface area contributed by atoms with Gasteiger partial charge in [0.2, 0.25) is 0 Å². The SMILES string of the molecule is CC(C)(C)c1cccc(NI)c1. The highest BCUT2D eigenvalue weighted by atomic mass is 127. The molecule has 1 rings (SSSR count). The van der Waals surface area contributed by atoms with Gasteiger partial charge in [-0.3, -0.25) is 0 Å². The molecule has 1 aromatic carbocycles. The van der Waals surface area contributed by atoms with E-state index in [9.17, 15) is 0 Å². The Kier molecular flexibility index (Phi) is 2.99. The van der Waals surface area contributed by atoms with Crippen LogP contribution >= 0.6 is 22.9 Å². The molecule has 0 fully saturated rings. The number of halogens is 1. The summed E-state index contributed by atoms with van der Waals surface area (Å²) in [4.78, 5) is 0. The van der Waals surface area contributed by atoms with Crippen LogP contribution in [0.3, 0.4) is 0 Å². The van der Waals surface area contributed by atoms with Gasteiger partial charge in [0.1, 0.15) is 0 Å². The molecule has 0 saturated carbocycles. The van der Waals surface area contributed by atoms with E-state index in [1.54, 1.807) is 0 Å². The van der Waals surface area contributed by atoms with E-state index in [0.717, 1.165) is 0 Å². The van der Waals surface area contributed by atoms with Crippen LogP contribution in [0.15, 0.2) is 24.3 Å². The van der Waals surface area contributed by atoms with Crippen LogP contribution in [-0.4, -0.2) is 0 Å². The molecule has 1 nitrogen and oxygen atoms in total. The molecule has 0 atom stereocenters. The van der Waals surface area contributed by atoms with E-state index in [2.05, 4.69) is 71.4 Å². The van der Waals surface area contributed by atoms with Gasteiger partial charge in [-0.1, -0.05) is 32.9 Å². The minimum absolute atomic E-state index is 0.240. The standard InChI is InChI=1S/C10H14IN/c1-10(2,3)8-5-4-6-9(7-8)12-11/h4-7,12H,1-3H3. The highest BCUT2D eigenvalue weighted by molar-refractivity contribution is 14.1. The first-order chi connectivity index (χ1) is 5.54. The number of hydrogen-bond donors (Lipinski definition) is 1. The summed E-state index contributed by atoms with van der Waals surface area (Å²) < 4.78 is 3.11. The van der Waals surface area contributed by atoms with Gasteiger partial charge < -0.3 is 3.53 Å². The molecular weight excluding hydrogens is 261 g/mol. The van der Waals surface area contributed by atoms with Crippen molar-refractivity contribution in [3.05, 3.63) is 29.8 Å². The number of benzene rings is 1. The van der Waals surface area contributed by atoms with Crippen LogP contribution in [0.2, 0.25) is 0 Å². The molecule has 1 aromatic rings. The summed E-state index contributed by atoms with van der Waals surface area (Å²) >= 11 is 2.15. The molecule has 0 spiro atoms. The maximum absolute atomic E-state index is 3.11. The predicted octanol–water partition coefficient (Wildman–Crippen LogP) is 3.75. The van der Waals surface area contributed by atoms with E-state index in [1.807, 2.05) is 0 Å². The topological polar surface area (TPSA) is 12.0 Å². The third-order valence-electron chi connectivity index (χ3n) is 1.84. The van der Waals surface area contributed by atoms with Gasteiger partial charge in [-0.2, -0.15) is 0 Å². The average Bonchev–Trinajstić information content (AvgIpc) is 2.03. The van der Waals surface area contributed by atoms with Crippen LogP contribution in [0.5, 0.6) is 0 Å². The molecule has 0 radical (unpaired) electrons. The number of hydrogen-bond acceptors (Lipinski definition) is 1. The van der Waals surface area contributed by atoms with Gasteiger partial charge in [0.25, 0.3) is 0 Å². The first-order valence-electron chi connectivity index (χ1n) is 4.01. The third kappa shape index (κ3) is 2.37. The number of rotatable bonds is 1. The first-order valence-corrected chi connectivity index (χ1v) is 5.09. The minimum atomic E-state index is 0.240. The zero-order chi connectivity index (χ0) is 9.19. The minimum Gasteiger partial charge on any atom is -0.328 e. The van der Waals surface area contributed by atoms with E-state index >= 15 is 0 Å². The van der Waals surface area contributed by atoms with Crippen molar-refractivity contribution in [1.82, 2.24) is 0 Å². The Hall–Kier alpha value is -0.250. The summed E-state index contributed by atoms with van der Waals surface area (Å²) in [5.74, 6) is 0. The Balaban J connectivity index is 3.02. The maximum atomic E-state index is 3.11. The van der Waals surface area contributed by atoms with Gasteiger partial charge in [-0.15, -0.1) is 0 Å². The van der Waals surface area contributed by atoms with Gasteiger partial charge in [-0.05, 0) is 23.1 Å². The van der Waals surface area contributed by atoms with Crippen molar-refractivity contribution in [2.45, 2.75) is 26.2 Å². The predicted molar refractivity (Wildman–Crippen MR) is 62.8 cm³/mol. The lowest BCUT2D eigenvalue weighted by Crippen LogP contribution is -2.10. The van der Waals surface area contributed by atoms with Gasteiger partial charge >= 0.3 is 0 Å². The highest BCUT2D eigenvalue weighted by Crippen LogP contribution is 2.24. The third-order valence-corrected chi connectivity index (χ3v) is 2.46. The van der Waals surface area contributed by atoms with Gasteiger partial charge in [0.15, 0.2) is 0 Å². The Bertz CT molecular complexity index is 263. The first kappa shape index (κ1) is 9.84. The molecule has 0 unspecified atom stereocenters. The molecule has 1 N–H and O–H groups in total. The molecule has 66 valence electrons. The van der Waals surface area contributed by atoms with Crippen molar-refractivity contribution < 1.29 is 0 Å². The average molecular weight is 275 g/mol. The smallest absolute Gasteiger partial charge is 0.0560 e. The molecule has 0 bridgehead atoms. The monoisotopic (exact) mass is 275 g/mol. The Morgan fingerprint density at radius 2 is 1.92 bits per heavy atom. The van der Waals surface area contributed by atoms with Crippen molar-refractivity contribution in [2.75, 3.05) is 3.53 Å². The zero-order valence-electron chi connectivity index (χ0n) is 7.69. The quantitative estimate of drug-likeness (QED) is 0.608. The summed E-state index contributed by atoms with van der Waals surface area (Å²) in [5, 5.41) is 0. The second kappa shape index (κ2) is 3.64. The molecular formula is C10H14IN. The summed E-state index contributed by atoms with van der Waals surface area (Å²) in [5.41, 5.74) is 2.77. The Labute approximate surface area is 88.1 Å². The van der Waals surface area contributed by atoms with E-state index in [4.69, 9.17) is 0 Å². The normalized spacial score (nSPS) is 11.3. The largest absolute Gasteiger partial charge is 0.328 e. The van der Waals surface area contributed by atoms with Crippen LogP contribution in [0.1, 0.15) is 26.3 Å². The molecule has 0 heterocycles. The molecule has 0 aliphatic carbocycles. The molecule has 12 heavy (non-hydrogen) atoms. The van der Waals surface area contributed by atoms with Crippen LogP contribution in [0.25, 0.3) is 0 Å². The second-order valence-corrected chi connectivity index (χ2v) is 4.46. The molecule has 0 aromatic heterocycles. The van der Waals surface area contributed by atoms with Crippen LogP contribution in [0.4, 0.5) is 5.69 Å². The van der Waals surface area contributed by atoms with Crippen LogP contribution in [-0.2, 0) is 5.41 Å². The van der Waals surface area contributed by atoms with Crippen molar-refractivity contribution in [3.63, 3.8) is 0 Å². The van der Waals surface area contributed by atoms with Crippen LogP contribution in [0, 0.1) is 0 Å². The lowest BCUT2D eigenvalue weighted by molar-refractivity contribution is 0.590. The lowest BCUT2D eigenvalue weighted by atomic mass is 9.87. The lowest BCUT2D eigenvalue weighted by Gasteiger charge is -2.19. The maximum Gasteiger partial charge on any atom is 0.0560 e. The fraction of sp³-hybridized carbons (Fsp3) is 0.400. The van der Waals surface area contributed by atoms with E-state index in [0.29, 0.717) is 0 Å². The zero-order valence-corrected chi connectivity index (χ0v) is 9.84. The van der Waals surface area contributed by atoms with Crippen molar-refractivity contribution in [2.24, 2.45) is 0 Å². The van der Waals surface area contributed by atoms with Crippen molar-refractivity contribution in [1.29, 1.82) is 0 Å². The molecule has 0 saturated heterocycles. The van der Waals surface area contributed by atoms with Gasteiger partial charge in [0.05, 0.1) is 22.9 Å². The fourth-order valence-electron chi connectivity index (χ4n) is 1.04. The van der Waals surface area contributed by atoms with Crippen molar-refractivity contribution in [3.8, 4) is 0 Å². The molecule has 0 amide bonds. The van der Waals surface area contributed by atoms with E-state index in [-0.39, 0.29) is 5.41 Å². The van der Waals surface area contributed by atoms with E-state index in [1.165, 1.54) is 11.3 Å². The summed E-state index contributed by atoms with van der Waals surface area (Å²) in [6.45, 7) is 6.66. The highest BCUT2D eigenvalue weighted by Gasteiger charge is 2.12. The summed E-state index contributed by atoms with van der Waals surface area (Å²) in [6, 6.07) is 8.51. The van der Waals surface area contributed by atoms with Gasteiger partial charge in [-0.25, -0.2) is 0 Å². The van der Waals surface area contributed by atoms with Gasteiger partial charge in [0, 0.05) is 5.69 Å². The Morgan fingerprint density at radius 1 is 1.25 bits per heavy atom. The molecule has 0 aliphatic rings. The number of anilines is 1. The van der Waals surface area contributed by atoms with Crippen LogP contribution < -0.4 is 3.53 Å². The second-order valence-electron chi connectivity index (χ2n) is 3.93. The van der Waals surface area contributed by atoms with Crippen molar-refractivity contribution >= 4 is 28.6 Å². The Morgan fingerprint density at radius 3 is 2.42 bits per heavy atom. The van der Waals surface area contributed by atoms with E-state index < -0.39 is 0 Å². The molecule has 0 aliphatic heterocycles. The summed E-state index contributed by atoms with van der Waals surface area (Å²) in [6.07, 6.45) is 0. The number of nitrogens with one attached hydrogen (secondary N) is 1.